The largest absolute Gasteiger partial charge is 0.394 e. The molecule has 6 heteroatoms. The van der Waals surface area contributed by atoms with Crippen molar-refractivity contribution in [2.24, 2.45) is 0 Å². The van der Waals surface area contributed by atoms with Crippen molar-refractivity contribution in [2.45, 2.75) is 29.4 Å². The van der Waals surface area contributed by atoms with Crippen LogP contribution >= 0.6 is 15.9 Å². The first-order valence-corrected chi connectivity index (χ1v) is 4.44. The maximum atomic E-state index is 9.27. The minimum Gasteiger partial charge on any atom is -0.394 e. The van der Waals surface area contributed by atoms with Gasteiger partial charge >= 0.3 is 0 Å². The summed E-state index contributed by atoms with van der Waals surface area (Å²) in [6.07, 6.45) is -4.45. The van der Waals surface area contributed by atoms with Crippen molar-refractivity contribution in [3.05, 3.63) is 0 Å². The summed E-state index contributed by atoms with van der Waals surface area (Å²) in [7, 11) is 0. The molecule has 0 aromatic rings. The molecule has 72 valence electrons. The van der Waals surface area contributed by atoms with E-state index in [9.17, 15) is 10.2 Å². The number of hydrogen-bond acceptors (Lipinski definition) is 5. The second-order valence-corrected chi connectivity index (χ2v) is 3.73. The summed E-state index contributed by atoms with van der Waals surface area (Å²) in [5.41, 5.74) is 0. The molecule has 1 heterocycles. The Morgan fingerprint density at radius 1 is 1.17 bits per heavy atom. The van der Waals surface area contributed by atoms with Crippen molar-refractivity contribution in [2.75, 3.05) is 6.61 Å². The number of hydrogen-bond donors (Lipinski definition) is 4. The molecular formula is C6H11BrO5. The molecule has 0 radical (unpaired) electrons. The maximum Gasteiger partial charge on any atom is 0.170 e. The minimum absolute atomic E-state index is 0.436. The van der Waals surface area contributed by atoms with E-state index in [2.05, 4.69) is 15.9 Å². The summed E-state index contributed by atoms with van der Waals surface area (Å²) in [5.74, 6) is 0. The summed E-state index contributed by atoms with van der Waals surface area (Å²) in [4.78, 5) is -0.727. The highest BCUT2D eigenvalue weighted by molar-refractivity contribution is 9.09. The molecule has 4 N–H and O–H groups in total. The van der Waals surface area contributed by atoms with Crippen LogP contribution in [0.1, 0.15) is 0 Å². The molecule has 1 aliphatic heterocycles. The SMILES string of the molecule is OCC1OC(O)[C@H](Br)[C@@H](O)[C@@H]1O. The highest BCUT2D eigenvalue weighted by Crippen LogP contribution is 2.24. The van der Waals surface area contributed by atoms with Crippen LogP contribution < -0.4 is 0 Å². The van der Waals surface area contributed by atoms with E-state index in [0.717, 1.165) is 0 Å². The summed E-state index contributed by atoms with van der Waals surface area (Å²) >= 11 is 2.95. The molecule has 1 rings (SSSR count). The minimum atomic E-state index is -1.21. The molecule has 0 spiro atoms. The lowest BCUT2D eigenvalue weighted by Gasteiger charge is -2.37. The van der Waals surface area contributed by atoms with Gasteiger partial charge in [0.2, 0.25) is 0 Å². The van der Waals surface area contributed by atoms with Gasteiger partial charge in [-0.2, -0.15) is 0 Å². The summed E-state index contributed by atoms with van der Waals surface area (Å²) in [6, 6.07) is 0. The first-order valence-electron chi connectivity index (χ1n) is 3.52. The molecule has 0 saturated carbocycles. The van der Waals surface area contributed by atoms with Crippen LogP contribution in [0.4, 0.5) is 0 Å². The van der Waals surface area contributed by atoms with Crippen LogP contribution in [0.3, 0.4) is 0 Å². The number of alkyl halides is 1. The summed E-state index contributed by atoms with van der Waals surface area (Å²) in [6.45, 7) is -0.436. The van der Waals surface area contributed by atoms with Gasteiger partial charge in [-0.3, -0.25) is 0 Å². The van der Waals surface area contributed by atoms with E-state index >= 15 is 0 Å². The predicted molar refractivity (Wildman–Crippen MR) is 42.7 cm³/mol. The van der Waals surface area contributed by atoms with Gasteiger partial charge < -0.3 is 25.2 Å². The van der Waals surface area contributed by atoms with Gasteiger partial charge in [0, 0.05) is 0 Å². The average Bonchev–Trinajstić information content (AvgIpc) is 2.08. The highest BCUT2D eigenvalue weighted by atomic mass is 79.9. The van der Waals surface area contributed by atoms with E-state index in [0.29, 0.717) is 0 Å². The maximum absolute atomic E-state index is 9.27. The second-order valence-electron chi connectivity index (χ2n) is 2.67. The molecule has 1 aliphatic rings. The molecule has 0 aromatic carbocycles. The zero-order valence-corrected chi connectivity index (χ0v) is 7.75. The molecule has 5 nitrogen and oxygen atoms in total. The first kappa shape index (κ1) is 10.4. The van der Waals surface area contributed by atoms with Crippen LogP contribution in [0.5, 0.6) is 0 Å². The molecule has 0 aromatic heterocycles. The van der Waals surface area contributed by atoms with Crippen molar-refractivity contribution < 1.29 is 25.2 Å². The van der Waals surface area contributed by atoms with Crippen LogP contribution in [-0.4, -0.2) is 56.5 Å². The topological polar surface area (TPSA) is 90.2 Å². The Morgan fingerprint density at radius 3 is 2.25 bits per heavy atom. The van der Waals surface area contributed by atoms with E-state index in [1.54, 1.807) is 0 Å². The second kappa shape index (κ2) is 3.99. The molecule has 1 saturated heterocycles. The van der Waals surface area contributed by atoms with Crippen LogP contribution in [-0.2, 0) is 4.74 Å². The Kier molecular flexibility index (Phi) is 3.45. The van der Waals surface area contributed by atoms with Crippen molar-refractivity contribution in [3.63, 3.8) is 0 Å². The number of rotatable bonds is 1. The fourth-order valence-electron chi connectivity index (χ4n) is 1.06. The van der Waals surface area contributed by atoms with Crippen LogP contribution in [0.25, 0.3) is 0 Å². The zero-order valence-electron chi connectivity index (χ0n) is 6.17. The van der Waals surface area contributed by atoms with Crippen molar-refractivity contribution in [1.82, 2.24) is 0 Å². The number of aliphatic hydroxyl groups is 4. The van der Waals surface area contributed by atoms with Gasteiger partial charge in [0.1, 0.15) is 12.2 Å². The standard InChI is InChI=1S/C6H11BrO5/c7-3-5(10)4(9)2(1-8)12-6(3)11/h2-6,8-11H,1H2/t2?,3-,4-,5-,6?/m1/s1. The smallest absolute Gasteiger partial charge is 0.170 e. The van der Waals surface area contributed by atoms with Gasteiger partial charge in [0.05, 0.1) is 17.5 Å². The Labute approximate surface area is 77.7 Å². The van der Waals surface area contributed by atoms with Gasteiger partial charge in [-0.25, -0.2) is 0 Å². The van der Waals surface area contributed by atoms with E-state index in [-0.39, 0.29) is 0 Å². The van der Waals surface area contributed by atoms with Gasteiger partial charge in [-0.05, 0) is 0 Å². The lowest BCUT2D eigenvalue weighted by molar-refractivity contribution is -0.233. The molecule has 0 bridgehead atoms. The van der Waals surface area contributed by atoms with Gasteiger partial charge in [0.15, 0.2) is 6.29 Å². The van der Waals surface area contributed by atoms with Crippen LogP contribution in [0.2, 0.25) is 0 Å². The number of aliphatic hydroxyl groups excluding tert-OH is 4. The number of halogens is 1. The molecule has 0 amide bonds. The monoisotopic (exact) mass is 242 g/mol. The quantitative estimate of drug-likeness (QED) is 0.407. The molecular weight excluding hydrogens is 232 g/mol. The summed E-state index contributed by atoms with van der Waals surface area (Å²) in [5, 5.41) is 36.3. The molecule has 5 atom stereocenters. The fraction of sp³-hybridized carbons (Fsp3) is 1.00. The van der Waals surface area contributed by atoms with Gasteiger partial charge in [0.25, 0.3) is 0 Å². The Bertz CT molecular complexity index is 150. The fourth-order valence-corrected chi connectivity index (χ4v) is 1.50. The molecule has 12 heavy (non-hydrogen) atoms. The van der Waals surface area contributed by atoms with Crippen molar-refractivity contribution in [3.8, 4) is 0 Å². The third-order valence-corrected chi connectivity index (χ3v) is 2.82. The van der Waals surface area contributed by atoms with Crippen molar-refractivity contribution >= 4 is 15.9 Å². The van der Waals surface area contributed by atoms with Crippen LogP contribution in [0, 0.1) is 0 Å². The highest BCUT2D eigenvalue weighted by Gasteiger charge is 2.42. The Morgan fingerprint density at radius 2 is 1.75 bits per heavy atom. The van der Waals surface area contributed by atoms with E-state index in [4.69, 9.17) is 14.9 Å². The predicted octanol–water partition coefficient (Wildman–Crippen LogP) is -1.82. The molecule has 2 unspecified atom stereocenters. The summed E-state index contributed by atoms with van der Waals surface area (Å²) < 4.78 is 4.78. The lowest BCUT2D eigenvalue weighted by atomic mass is 10.0. The first-order chi connectivity index (χ1) is 5.57. The van der Waals surface area contributed by atoms with Crippen molar-refractivity contribution in [1.29, 1.82) is 0 Å². The lowest BCUT2D eigenvalue weighted by Crippen LogP contribution is -2.56. The third kappa shape index (κ3) is 1.78. The van der Waals surface area contributed by atoms with E-state index < -0.39 is 36.0 Å². The normalized spacial score (nSPS) is 49.2. The van der Waals surface area contributed by atoms with Gasteiger partial charge in [-0.15, -0.1) is 0 Å². The average molecular weight is 243 g/mol. The zero-order chi connectivity index (χ0) is 9.30. The molecule has 1 fully saturated rings. The third-order valence-electron chi connectivity index (χ3n) is 1.82. The van der Waals surface area contributed by atoms with Crippen LogP contribution in [0.15, 0.2) is 0 Å². The Balaban J connectivity index is 2.63. The van der Waals surface area contributed by atoms with E-state index in [1.165, 1.54) is 0 Å². The Hall–Kier alpha value is 0.280. The molecule has 0 aliphatic carbocycles. The number of ether oxygens (including phenoxy) is 1. The van der Waals surface area contributed by atoms with E-state index in [1.807, 2.05) is 0 Å². The van der Waals surface area contributed by atoms with Gasteiger partial charge in [-0.1, -0.05) is 15.9 Å².